The number of rotatable bonds is 93. The van der Waals surface area contributed by atoms with E-state index in [1.165, 1.54) is 128 Å². The lowest BCUT2D eigenvalue weighted by molar-refractivity contribution is -0.161. The summed E-state index contributed by atoms with van der Waals surface area (Å²) in [6.07, 6.45) is 135. The van der Waals surface area contributed by atoms with Crippen molar-refractivity contribution in [3.8, 4) is 0 Å². The highest BCUT2D eigenvalue weighted by atomic mass is 31.2. The summed E-state index contributed by atoms with van der Waals surface area (Å²) in [4.78, 5) is 59.2. The molecule has 5 atom stereocenters. The maximum atomic E-state index is 13.1. The number of hydrogen-bond donors (Lipinski definition) is 4. The number of unbranched alkanes of at least 4 members (excludes halogenated alkanes) is 34. The Hall–Kier alpha value is -6.13. The van der Waals surface area contributed by atoms with E-state index in [0.29, 0.717) is 19.3 Å². The van der Waals surface area contributed by atoms with Gasteiger partial charge in [-0.2, -0.15) is 0 Å². The first kappa shape index (κ1) is 121. The summed E-state index contributed by atoms with van der Waals surface area (Å²) in [6.45, 7) is 2.37. The van der Waals surface area contributed by atoms with Crippen molar-refractivity contribution in [3.63, 3.8) is 0 Å². The van der Waals surface area contributed by atoms with Crippen LogP contribution in [0.3, 0.4) is 0 Å². The minimum atomic E-state index is -4.95. The zero-order valence-corrected chi connectivity index (χ0v) is 81.6. The Morgan fingerprint density at radius 1 is 0.220 bits per heavy atom. The molecule has 0 saturated heterocycles. The molecule has 5 unspecified atom stereocenters. The Balaban J connectivity index is 4.68. The number of ether oxygens (including phenoxy) is 3. The highest BCUT2D eigenvalue weighted by Crippen LogP contribution is 2.45. The Bertz CT molecular complexity index is 3190. The van der Waals surface area contributed by atoms with Crippen LogP contribution in [0, 0.1) is 0 Å². The highest BCUT2D eigenvalue weighted by Gasteiger charge is 2.30. The van der Waals surface area contributed by atoms with Crippen LogP contribution in [0.25, 0.3) is 0 Å². The van der Waals surface area contributed by atoms with Crippen molar-refractivity contribution in [1.82, 2.24) is 0 Å². The summed E-state index contributed by atoms with van der Waals surface area (Å²) in [7, 11) is -9.83. The molecule has 4 N–H and O–H groups in total. The van der Waals surface area contributed by atoms with Crippen LogP contribution in [0.1, 0.15) is 393 Å². The molecule has 0 amide bonds. The molecule has 127 heavy (non-hydrogen) atoms. The molecule has 0 spiro atoms. The second-order valence-corrected chi connectivity index (χ2v) is 35.7. The summed E-state index contributed by atoms with van der Waals surface area (Å²) >= 11 is 0. The number of carbonyl (C=O) groups is 3. The van der Waals surface area contributed by atoms with Gasteiger partial charge in [0.25, 0.3) is 0 Å². The van der Waals surface area contributed by atoms with E-state index in [0.717, 1.165) is 205 Å². The van der Waals surface area contributed by atoms with Crippen molar-refractivity contribution in [2.75, 3.05) is 39.6 Å². The molecule has 0 aliphatic carbocycles. The van der Waals surface area contributed by atoms with E-state index in [9.17, 15) is 43.5 Å². The fourth-order valence-corrected chi connectivity index (χ4v) is 14.8. The summed E-state index contributed by atoms with van der Waals surface area (Å²) < 4.78 is 61.7. The zero-order valence-electron chi connectivity index (χ0n) is 79.9. The van der Waals surface area contributed by atoms with E-state index in [1.807, 2.05) is 0 Å². The summed E-state index contributed by atoms with van der Waals surface area (Å²) in [5.74, 6) is -1.58. The lowest BCUT2D eigenvalue weighted by atomic mass is 10.0. The van der Waals surface area contributed by atoms with Gasteiger partial charge in [0.2, 0.25) is 0 Å². The van der Waals surface area contributed by atoms with E-state index < -0.39 is 91.5 Å². The first-order valence-electron chi connectivity index (χ1n) is 50.0. The van der Waals surface area contributed by atoms with Gasteiger partial charge in [0.1, 0.15) is 25.4 Å². The lowest BCUT2D eigenvalue weighted by Gasteiger charge is -2.21. The van der Waals surface area contributed by atoms with Gasteiger partial charge in [-0.15, -0.1) is 0 Å². The van der Waals surface area contributed by atoms with Gasteiger partial charge in [0, 0.05) is 19.3 Å². The molecular formula is C109H180O16P2. The molecule has 0 saturated carbocycles. The average Bonchev–Trinajstić information content (AvgIpc) is 0.955. The van der Waals surface area contributed by atoms with Crippen molar-refractivity contribution in [2.24, 2.45) is 0 Å². The molecule has 16 nitrogen and oxygen atoms in total. The lowest BCUT2D eigenvalue weighted by Crippen LogP contribution is -2.30. The van der Waals surface area contributed by atoms with E-state index in [4.69, 9.17) is 32.3 Å². The topological polar surface area (TPSA) is 231 Å². The minimum Gasteiger partial charge on any atom is -0.463 e. The van der Waals surface area contributed by atoms with Gasteiger partial charge in [-0.3, -0.25) is 32.5 Å². The molecule has 0 radical (unpaired) electrons. The third kappa shape index (κ3) is 100. The van der Waals surface area contributed by atoms with Gasteiger partial charge in [-0.05, 0) is 173 Å². The molecule has 0 bridgehead atoms. The van der Waals surface area contributed by atoms with Crippen LogP contribution >= 0.6 is 15.6 Å². The Kier molecular flexibility index (Phi) is 94.1. The molecular weight excluding hydrogens is 1630 g/mol. The summed E-state index contributed by atoms with van der Waals surface area (Å²) in [5.41, 5.74) is 0. The van der Waals surface area contributed by atoms with Crippen LogP contribution in [0.4, 0.5) is 0 Å². The van der Waals surface area contributed by atoms with Crippen molar-refractivity contribution >= 4 is 33.6 Å². The minimum absolute atomic E-state index is 0.0913. The number of phosphoric acid groups is 2. The molecule has 0 heterocycles. The maximum absolute atomic E-state index is 13.1. The van der Waals surface area contributed by atoms with Crippen LogP contribution in [0.2, 0.25) is 0 Å². The van der Waals surface area contributed by atoms with Gasteiger partial charge < -0.3 is 34.2 Å². The molecule has 18 heteroatoms. The molecule has 0 aliphatic rings. The monoisotopic (exact) mass is 1810 g/mol. The van der Waals surface area contributed by atoms with Gasteiger partial charge in [0.15, 0.2) is 6.10 Å². The second kappa shape index (κ2) is 98.9. The Morgan fingerprint density at radius 2 is 0.394 bits per heavy atom. The number of hydrogen-bond acceptors (Lipinski definition) is 14. The number of phosphoric ester groups is 2. The van der Waals surface area contributed by atoms with E-state index in [-0.39, 0.29) is 19.3 Å². The standard InChI is InChI=1S/C109H180O16P2/c1-4-7-10-13-16-19-22-25-28-31-34-37-40-43-46-49-51-54-56-59-62-65-68-71-74-77-80-83-86-89-92-95-107(112)119-98-104(110)99-121-126(115,116)122-100-105(111)101-123-127(117,118)124-103-106(125-109(114)97-94-91-88-85-82-79-76-73-70-67-64-61-58-53-48-45-42-39-36-33-30-27-24-21-18-15-12-9-6-3)102-120-108(113)96-93-90-87-84-81-78-75-72-69-66-63-60-57-55-52-50-47-44-41-38-35-32-29-26-23-20-17-14-11-8-5-2/h7-12,16-21,25-30,34-39,43-48,51-52,54-55,58,61,104-106,110-111H,4-6,13-15,22-24,31-33,40-42,49-50,53,56-57,59-60,62-103H2,1-3H3,(H,115,116)(H,117,118)/b10-7-,11-8-,12-9-,19-16-,20-17-,21-18-,28-25-,29-26-,30-27-,37-34-,38-35-,39-36-,46-43-,47-44-,48-45-,54-51-,55-52-,61-58-. The Labute approximate surface area is 774 Å². The number of carbonyl (C=O) groups excluding carboxylic acids is 3. The zero-order chi connectivity index (χ0) is 92.1. The fraction of sp³-hybridized carbons (Fsp3) is 0.642. The third-order valence-corrected chi connectivity index (χ3v) is 22.6. The normalized spacial score (nSPS) is 14.6. The molecule has 0 aromatic rings. The number of allylic oxidation sites excluding steroid dienone is 36. The summed E-state index contributed by atoms with van der Waals surface area (Å²) in [5, 5.41) is 20.8. The predicted molar refractivity (Wildman–Crippen MR) is 537 cm³/mol. The average molecular weight is 1810 g/mol. The smallest absolute Gasteiger partial charge is 0.463 e. The van der Waals surface area contributed by atoms with Gasteiger partial charge >= 0.3 is 33.6 Å². The van der Waals surface area contributed by atoms with E-state index in [2.05, 4.69) is 240 Å². The first-order valence-corrected chi connectivity index (χ1v) is 53.0. The number of aliphatic hydroxyl groups is 2. The molecule has 0 fully saturated rings. The molecule has 722 valence electrons. The number of aliphatic hydroxyl groups excluding tert-OH is 2. The van der Waals surface area contributed by atoms with Gasteiger partial charge in [0.05, 0.1) is 26.4 Å². The van der Waals surface area contributed by atoms with Crippen molar-refractivity contribution in [1.29, 1.82) is 0 Å². The third-order valence-electron chi connectivity index (χ3n) is 20.7. The quantitative estimate of drug-likeness (QED) is 0.0146. The predicted octanol–water partition coefficient (Wildman–Crippen LogP) is 31.7. The van der Waals surface area contributed by atoms with Crippen molar-refractivity contribution in [3.05, 3.63) is 219 Å². The van der Waals surface area contributed by atoms with Crippen LogP contribution < -0.4 is 0 Å². The highest BCUT2D eigenvalue weighted by molar-refractivity contribution is 7.47. The molecule has 0 rings (SSSR count). The van der Waals surface area contributed by atoms with Crippen molar-refractivity contribution < 1.29 is 75.8 Å². The Morgan fingerprint density at radius 3 is 0.622 bits per heavy atom. The van der Waals surface area contributed by atoms with Crippen LogP contribution in [-0.2, 0) is 55.8 Å². The van der Waals surface area contributed by atoms with Gasteiger partial charge in [-0.25, -0.2) is 9.13 Å². The first-order chi connectivity index (χ1) is 62.2. The maximum Gasteiger partial charge on any atom is 0.472 e. The molecule has 0 aromatic carbocycles. The molecule has 0 aliphatic heterocycles. The fourth-order valence-electron chi connectivity index (χ4n) is 13.2. The SMILES string of the molecule is CC/C=C\C/C=C\C/C=C\C/C=C\C/C=C\C/C=C\CCCCCCCCCCCCCCC(=O)OCC(O)COP(=O)(O)OCC(O)COP(=O)(O)OCC(COC(=O)CCCCCCCCCCCCCC/C=C\C/C=C\C/C=C\C/C=C\C/C=C\C/C=C\CC)OC(=O)CCCCCCCCCCCC/C=C\C/C=C\C/C=C\C/C=C\C/C=C\C/C=C\CC. The van der Waals surface area contributed by atoms with E-state index >= 15 is 0 Å². The number of esters is 3. The van der Waals surface area contributed by atoms with Crippen LogP contribution in [0.15, 0.2) is 219 Å². The summed E-state index contributed by atoms with van der Waals surface area (Å²) in [6, 6.07) is 0. The molecule has 0 aromatic heterocycles. The second-order valence-electron chi connectivity index (χ2n) is 32.8. The van der Waals surface area contributed by atoms with Crippen molar-refractivity contribution in [2.45, 2.75) is 411 Å². The van der Waals surface area contributed by atoms with E-state index in [1.54, 1.807) is 0 Å². The van der Waals surface area contributed by atoms with Crippen LogP contribution in [0.5, 0.6) is 0 Å². The van der Waals surface area contributed by atoms with Crippen LogP contribution in [-0.4, -0.2) is 95.9 Å². The largest absolute Gasteiger partial charge is 0.472 e. The van der Waals surface area contributed by atoms with Gasteiger partial charge in [-0.1, -0.05) is 419 Å².